The summed E-state index contributed by atoms with van der Waals surface area (Å²) in [5, 5.41) is 0.827. The zero-order valence-corrected chi connectivity index (χ0v) is 13.8. The van der Waals surface area contributed by atoms with Gasteiger partial charge in [0.25, 0.3) is 0 Å². The first kappa shape index (κ1) is 16.3. The number of pyridine rings is 1. The van der Waals surface area contributed by atoms with Gasteiger partial charge in [-0.1, -0.05) is 6.07 Å². The maximum atomic E-state index is 13.8. The SMILES string of the molecule is O=C1CN(c2ncnc3cnccc23)CCN1Cc1ccc(F)cc1F. The molecule has 8 heteroatoms. The molecule has 132 valence electrons. The number of amides is 1. The van der Waals surface area contributed by atoms with Crippen LogP contribution in [0.1, 0.15) is 5.56 Å². The number of rotatable bonds is 3. The summed E-state index contributed by atoms with van der Waals surface area (Å²) < 4.78 is 26.9. The molecule has 1 aliphatic heterocycles. The molecule has 1 saturated heterocycles. The molecule has 1 aliphatic rings. The van der Waals surface area contributed by atoms with Crippen LogP contribution in [-0.2, 0) is 11.3 Å². The zero-order chi connectivity index (χ0) is 18.1. The number of halogens is 2. The van der Waals surface area contributed by atoms with Crippen LogP contribution in [0, 0.1) is 11.6 Å². The summed E-state index contributed by atoms with van der Waals surface area (Å²) in [5.41, 5.74) is 1.01. The van der Waals surface area contributed by atoms with E-state index in [1.54, 1.807) is 17.3 Å². The van der Waals surface area contributed by atoms with Crippen LogP contribution in [0.3, 0.4) is 0 Å². The number of hydrogen-bond donors (Lipinski definition) is 0. The maximum absolute atomic E-state index is 13.8. The van der Waals surface area contributed by atoms with Gasteiger partial charge in [-0.25, -0.2) is 18.7 Å². The first-order chi connectivity index (χ1) is 12.6. The topological polar surface area (TPSA) is 62.2 Å². The molecule has 0 saturated carbocycles. The van der Waals surface area contributed by atoms with Crippen molar-refractivity contribution in [2.24, 2.45) is 0 Å². The maximum Gasteiger partial charge on any atom is 0.242 e. The summed E-state index contributed by atoms with van der Waals surface area (Å²) in [6, 6.07) is 5.21. The fourth-order valence-corrected chi connectivity index (χ4v) is 3.06. The number of anilines is 1. The van der Waals surface area contributed by atoms with Crippen LogP contribution in [-0.4, -0.2) is 45.4 Å². The molecule has 3 heterocycles. The lowest BCUT2D eigenvalue weighted by molar-refractivity contribution is -0.131. The highest BCUT2D eigenvalue weighted by Crippen LogP contribution is 2.24. The Morgan fingerprint density at radius 3 is 2.81 bits per heavy atom. The fraction of sp³-hybridized carbons (Fsp3) is 0.222. The Hall–Kier alpha value is -3.16. The number of piperazine rings is 1. The van der Waals surface area contributed by atoms with Gasteiger partial charge in [-0.15, -0.1) is 0 Å². The number of hydrogen-bond acceptors (Lipinski definition) is 5. The minimum atomic E-state index is -0.644. The Balaban J connectivity index is 1.52. The van der Waals surface area contributed by atoms with Crippen molar-refractivity contribution in [1.29, 1.82) is 0 Å². The van der Waals surface area contributed by atoms with Crippen molar-refractivity contribution in [3.8, 4) is 0 Å². The Bertz CT molecular complexity index is 975. The highest BCUT2D eigenvalue weighted by molar-refractivity contribution is 5.91. The third-order valence-corrected chi connectivity index (χ3v) is 4.41. The van der Waals surface area contributed by atoms with E-state index in [1.807, 2.05) is 11.0 Å². The Morgan fingerprint density at radius 1 is 1.12 bits per heavy atom. The van der Waals surface area contributed by atoms with Crippen molar-refractivity contribution < 1.29 is 13.6 Å². The smallest absolute Gasteiger partial charge is 0.242 e. The van der Waals surface area contributed by atoms with Crippen molar-refractivity contribution in [1.82, 2.24) is 19.9 Å². The number of nitrogens with zero attached hydrogens (tertiary/aromatic N) is 5. The molecule has 0 radical (unpaired) electrons. The van der Waals surface area contributed by atoms with Crippen molar-refractivity contribution in [3.63, 3.8) is 0 Å². The third-order valence-electron chi connectivity index (χ3n) is 4.41. The van der Waals surface area contributed by atoms with E-state index in [9.17, 15) is 13.6 Å². The average molecular weight is 355 g/mol. The third kappa shape index (κ3) is 3.05. The van der Waals surface area contributed by atoms with E-state index in [0.29, 0.717) is 30.0 Å². The summed E-state index contributed by atoms with van der Waals surface area (Å²) in [5.74, 6) is -0.735. The van der Waals surface area contributed by atoms with Crippen LogP contribution in [0.5, 0.6) is 0 Å². The monoisotopic (exact) mass is 355 g/mol. The normalized spacial score (nSPS) is 14.9. The molecule has 3 aromatic rings. The summed E-state index contributed by atoms with van der Waals surface area (Å²) in [6.45, 7) is 1.24. The lowest BCUT2D eigenvalue weighted by atomic mass is 10.1. The van der Waals surface area contributed by atoms with Crippen LogP contribution in [0.25, 0.3) is 10.9 Å². The van der Waals surface area contributed by atoms with E-state index >= 15 is 0 Å². The molecule has 2 aromatic heterocycles. The molecule has 0 aliphatic carbocycles. The van der Waals surface area contributed by atoms with Gasteiger partial charge in [0.15, 0.2) is 0 Å². The molecule has 1 fully saturated rings. The highest BCUT2D eigenvalue weighted by Gasteiger charge is 2.26. The van der Waals surface area contributed by atoms with Crippen molar-refractivity contribution >= 4 is 22.6 Å². The number of fused-ring (bicyclic) bond motifs is 1. The van der Waals surface area contributed by atoms with E-state index in [2.05, 4.69) is 15.0 Å². The van der Waals surface area contributed by atoms with Crippen LogP contribution >= 0.6 is 0 Å². The van der Waals surface area contributed by atoms with Gasteiger partial charge in [-0.05, 0) is 12.1 Å². The van der Waals surface area contributed by atoms with E-state index in [0.717, 1.165) is 11.5 Å². The summed E-state index contributed by atoms with van der Waals surface area (Å²) in [4.78, 5) is 28.5. The fourth-order valence-electron chi connectivity index (χ4n) is 3.06. The quantitative estimate of drug-likeness (QED) is 0.720. The van der Waals surface area contributed by atoms with Gasteiger partial charge in [-0.2, -0.15) is 0 Å². The predicted molar refractivity (Wildman–Crippen MR) is 91.3 cm³/mol. The van der Waals surface area contributed by atoms with Crippen LogP contribution in [0.15, 0.2) is 43.0 Å². The van der Waals surface area contributed by atoms with Crippen molar-refractivity contribution in [2.75, 3.05) is 24.5 Å². The summed E-state index contributed by atoms with van der Waals surface area (Å²) in [7, 11) is 0. The largest absolute Gasteiger partial charge is 0.345 e. The molecule has 4 rings (SSSR count). The second-order valence-electron chi connectivity index (χ2n) is 6.06. The number of carbonyl (C=O) groups is 1. The van der Waals surface area contributed by atoms with E-state index in [1.165, 1.54) is 18.5 Å². The molecule has 1 amide bonds. The Kier molecular flexibility index (Phi) is 4.16. The predicted octanol–water partition coefficient (Wildman–Crippen LogP) is 2.15. The van der Waals surface area contributed by atoms with Gasteiger partial charge in [-0.3, -0.25) is 9.78 Å². The van der Waals surface area contributed by atoms with Gasteiger partial charge in [0.1, 0.15) is 23.8 Å². The molecular weight excluding hydrogens is 340 g/mol. The van der Waals surface area contributed by atoms with Crippen molar-refractivity contribution in [2.45, 2.75) is 6.54 Å². The van der Waals surface area contributed by atoms with Gasteiger partial charge in [0.05, 0.1) is 18.3 Å². The molecule has 26 heavy (non-hydrogen) atoms. The van der Waals surface area contributed by atoms with Crippen LogP contribution in [0.4, 0.5) is 14.6 Å². The first-order valence-electron chi connectivity index (χ1n) is 8.13. The molecule has 6 nitrogen and oxygen atoms in total. The lowest BCUT2D eigenvalue weighted by Gasteiger charge is -2.35. The summed E-state index contributed by atoms with van der Waals surface area (Å²) >= 11 is 0. The molecule has 0 bridgehead atoms. The number of aromatic nitrogens is 3. The minimum absolute atomic E-state index is 0.118. The van der Waals surface area contributed by atoms with Gasteiger partial charge < -0.3 is 9.80 Å². The van der Waals surface area contributed by atoms with Gasteiger partial charge in [0.2, 0.25) is 5.91 Å². The molecule has 0 atom stereocenters. The van der Waals surface area contributed by atoms with E-state index in [4.69, 9.17) is 0 Å². The molecule has 0 unspecified atom stereocenters. The van der Waals surface area contributed by atoms with Gasteiger partial charge >= 0.3 is 0 Å². The Morgan fingerprint density at radius 2 is 2.00 bits per heavy atom. The van der Waals surface area contributed by atoms with E-state index in [-0.39, 0.29) is 19.0 Å². The van der Waals surface area contributed by atoms with E-state index < -0.39 is 11.6 Å². The standard InChI is InChI=1S/C18H15F2N5O/c19-13-2-1-12(15(20)7-13)9-24-5-6-25(10-17(24)26)18-14-3-4-21-8-16(14)22-11-23-18/h1-4,7-8,11H,5-6,9-10H2. The average Bonchev–Trinajstić information content (AvgIpc) is 2.65. The second kappa shape index (κ2) is 6.62. The molecule has 0 N–H and O–H groups in total. The van der Waals surface area contributed by atoms with Crippen LogP contribution < -0.4 is 4.90 Å². The number of carbonyl (C=O) groups excluding carboxylic acids is 1. The zero-order valence-electron chi connectivity index (χ0n) is 13.8. The van der Waals surface area contributed by atoms with Crippen LogP contribution in [0.2, 0.25) is 0 Å². The van der Waals surface area contributed by atoms with Gasteiger partial charge in [0, 0.05) is 42.8 Å². The molecule has 0 spiro atoms. The first-order valence-corrected chi connectivity index (χ1v) is 8.13. The Labute approximate surface area is 148 Å². The second-order valence-corrected chi connectivity index (χ2v) is 6.06. The van der Waals surface area contributed by atoms with Crippen molar-refractivity contribution in [3.05, 3.63) is 60.2 Å². The molecular formula is C18H15F2N5O. The minimum Gasteiger partial charge on any atom is -0.345 e. The molecule has 1 aromatic carbocycles. The highest BCUT2D eigenvalue weighted by atomic mass is 19.1. The lowest BCUT2D eigenvalue weighted by Crippen LogP contribution is -2.50. The number of benzene rings is 1. The summed E-state index contributed by atoms with van der Waals surface area (Å²) in [6.07, 6.45) is 4.75.